The Morgan fingerprint density at radius 2 is 2.57 bits per heavy atom. The number of nitrogens with one attached hydrogen (secondary N) is 1. The van der Waals surface area contributed by atoms with Crippen LogP contribution in [0.5, 0.6) is 5.88 Å². The molecule has 1 N–H and O–H groups in total. The van der Waals surface area contributed by atoms with E-state index in [-0.39, 0.29) is 5.41 Å². The maximum atomic E-state index is 5.66. The van der Waals surface area contributed by atoms with Gasteiger partial charge in [0.25, 0.3) is 0 Å². The molecule has 2 heterocycles. The molecule has 5 nitrogen and oxygen atoms in total. The van der Waals surface area contributed by atoms with Crippen LogP contribution in [0.2, 0.25) is 0 Å². The Hall–Kier alpha value is -1.10. The van der Waals surface area contributed by atoms with Crippen molar-refractivity contribution < 1.29 is 4.74 Å². The summed E-state index contributed by atoms with van der Waals surface area (Å²) in [7, 11) is 1.83. The minimum atomic E-state index is 0.254. The summed E-state index contributed by atoms with van der Waals surface area (Å²) in [5, 5.41) is 10.9. The van der Waals surface area contributed by atoms with Crippen molar-refractivity contribution in [1.82, 2.24) is 20.3 Å². The van der Waals surface area contributed by atoms with E-state index < -0.39 is 0 Å². The van der Waals surface area contributed by atoms with Crippen LogP contribution in [-0.2, 0) is 7.05 Å². The lowest BCUT2D eigenvalue weighted by molar-refractivity contribution is 0.169. The third-order valence-corrected chi connectivity index (χ3v) is 2.70. The average molecular weight is 196 g/mol. The van der Waals surface area contributed by atoms with E-state index in [1.54, 1.807) is 10.9 Å². The maximum Gasteiger partial charge on any atom is 0.232 e. The number of rotatable bonds is 3. The summed E-state index contributed by atoms with van der Waals surface area (Å²) < 4.78 is 7.31. The van der Waals surface area contributed by atoms with Crippen LogP contribution in [0.1, 0.15) is 13.3 Å². The lowest BCUT2D eigenvalue weighted by Gasteiger charge is -2.22. The number of aromatic nitrogens is 3. The fraction of sp³-hybridized carbons (Fsp3) is 0.778. The van der Waals surface area contributed by atoms with Crippen LogP contribution in [-0.4, -0.2) is 34.7 Å². The third-order valence-electron chi connectivity index (χ3n) is 2.70. The number of nitrogens with zero attached hydrogens (tertiary/aromatic N) is 3. The molecule has 1 aromatic heterocycles. The summed E-state index contributed by atoms with van der Waals surface area (Å²) in [5.74, 6) is 0.734. The summed E-state index contributed by atoms with van der Waals surface area (Å²) >= 11 is 0. The molecule has 1 atom stereocenters. The van der Waals surface area contributed by atoms with Crippen molar-refractivity contribution in [2.45, 2.75) is 13.3 Å². The second-order valence-electron chi connectivity index (χ2n) is 4.22. The second kappa shape index (κ2) is 3.57. The summed E-state index contributed by atoms with van der Waals surface area (Å²) in [5.41, 5.74) is 0.254. The molecule has 14 heavy (non-hydrogen) atoms. The normalized spacial score (nSPS) is 26.7. The Bertz CT molecular complexity index is 304. The molecule has 1 aromatic rings. The van der Waals surface area contributed by atoms with Gasteiger partial charge in [-0.25, -0.2) is 4.68 Å². The molecule has 1 aliphatic heterocycles. The van der Waals surface area contributed by atoms with Crippen molar-refractivity contribution in [3.63, 3.8) is 0 Å². The summed E-state index contributed by atoms with van der Waals surface area (Å²) in [6.07, 6.45) is 2.81. The first-order chi connectivity index (χ1) is 6.70. The molecule has 0 aliphatic carbocycles. The molecule has 1 aliphatic rings. The molecule has 0 spiro atoms. The Labute approximate surface area is 83.4 Å². The van der Waals surface area contributed by atoms with Crippen molar-refractivity contribution in [2.75, 3.05) is 19.7 Å². The van der Waals surface area contributed by atoms with Crippen molar-refractivity contribution in [1.29, 1.82) is 0 Å². The van der Waals surface area contributed by atoms with Gasteiger partial charge in [-0.15, -0.1) is 5.10 Å². The summed E-state index contributed by atoms with van der Waals surface area (Å²) in [6, 6.07) is 0. The smallest absolute Gasteiger partial charge is 0.232 e. The standard InChI is InChI=1S/C9H16N4O/c1-9(3-4-10-6-9)7-14-8-5-11-12-13(8)2/h5,10H,3-4,6-7H2,1-2H3. The van der Waals surface area contributed by atoms with Gasteiger partial charge in [0.1, 0.15) is 6.20 Å². The van der Waals surface area contributed by atoms with Crippen LogP contribution in [0, 0.1) is 5.41 Å². The number of hydrogen-bond donors (Lipinski definition) is 1. The van der Waals surface area contributed by atoms with E-state index in [1.165, 1.54) is 0 Å². The highest BCUT2D eigenvalue weighted by Crippen LogP contribution is 2.25. The maximum absolute atomic E-state index is 5.66. The van der Waals surface area contributed by atoms with Gasteiger partial charge in [-0.1, -0.05) is 12.1 Å². The fourth-order valence-electron chi connectivity index (χ4n) is 1.65. The van der Waals surface area contributed by atoms with Crippen molar-refractivity contribution in [3.8, 4) is 5.88 Å². The van der Waals surface area contributed by atoms with Gasteiger partial charge in [-0.05, 0) is 13.0 Å². The lowest BCUT2D eigenvalue weighted by atomic mass is 9.91. The van der Waals surface area contributed by atoms with Crippen molar-refractivity contribution in [2.24, 2.45) is 12.5 Å². The zero-order valence-corrected chi connectivity index (χ0v) is 8.66. The third kappa shape index (κ3) is 1.87. The first kappa shape index (κ1) is 9.45. The van der Waals surface area contributed by atoms with Gasteiger partial charge in [0, 0.05) is 19.0 Å². The minimum absolute atomic E-state index is 0.254. The molecule has 0 saturated carbocycles. The van der Waals surface area contributed by atoms with Crippen LogP contribution in [0.3, 0.4) is 0 Å². The van der Waals surface area contributed by atoms with E-state index in [0.717, 1.165) is 32.0 Å². The van der Waals surface area contributed by atoms with Gasteiger partial charge in [0.05, 0.1) is 6.61 Å². The number of hydrogen-bond acceptors (Lipinski definition) is 4. The number of ether oxygens (including phenoxy) is 1. The van der Waals surface area contributed by atoms with Crippen molar-refractivity contribution in [3.05, 3.63) is 6.20 Å². The van der Waals surface area contributed by atoms with Crippen LogP contribution < -0.4 is 10.1 Å². The molecule has 1 saturated heterocycles. The first-order valence-electron chi connectivity index (χ1n) is 4.88. The van der Waals surface area contributed by atoms with E-state index in [4.69, 9.17) is 4.74 Å². The topological polar surface area (TPSA) is 52.0 Å². The molecule has 5 heteroatoms. The summed E-state index contributed by atoms with van der Waals surface area (Å²) in [6.45, 7) is 5.07. The van der Waals surface area contributed by atoms with Crippen LogP contribution >= 0.6 is 0 Å². The van der Waals surface area contributed by atoms with E-state index in [0.29, 0.717) is 0 Å². The van der Waals surface area contributed by atoms with Gasteiger partial charge in [0.15, 0.2) is 0 Å². The first-order valence-corrected chi connectivity index (χ1v) is 4.88. The van der Waals surface area contributed by atoms with E-state index >= 15 is 0 Å². The highest BCUT2D eigenvalue weighted by Gasteiger charge is 2.29. The largest absolute Gasteiger partial charge is 0.476 e. The zero-order chi connectivity index (χ0) is 10.0. The highest BCUT2D eigenvalue weighted by molar-refractivity contribution is 5.01. The molecule has 78 valence electrons. The van der Waals surface area contributed by atoms with Gasteiger partial charge in [-0.2, -0.15) is 0 Å². The Morgan fingerprint density at radius 3 is 3.14 bits per heavy atom. The molecule has 1 unspecified atom stereocenters. The van der Waals surface area contributed by atoms with Gasteiger partial charge < -0.3 is 10.1 Å². The predicted molar refractivity (Wildman–Crippen MR) is 52.1 cm³/mol. The van der Waals surface area contributed by atoms with E-state index in [2.05, 4.69) is 22.6 Å². The highest BCUT2D eigenvalue weighted by atomic mass is 16.5. The summed E-state index contributed by atoms with van der Waals surface area (Å²) in [4.78, 5) is 0. The van der Waals surface area contributed by atoms with Gasteiger partial charge in [-0.3, -0.25) is 0 Å². The number of aryl methyl sites for hydroxylation is 1. The van der Waals surface area contributed by atoms with Gasteiger partial charge >= 0.3 is 0 Å². The lowest BCUT2D eigenvalue weighted by Crippen LogP contribution is -2.28. The van der Waals surface area contributed by atoms with Crippen molar-refractivity contribution >= 4 is 0 Å². The SMILES string of the molecule is Cn1nncc1OCC1(C)CCNC1. The van der Waals surface area contributed by atoms with Crippen LogP contribution in [0.25, 0.3) is 0 Å². The van der Waals surface area contributed by atoms with E-state index in [9.17, 15) is 0 Å². The molecule has 1 fully saturated rings. The van der Waals surface area contributed by atoms with E-state index in [1.807, 2.05) is 7.05 Å². The molecular formula is C9H16N4O. The monoisotopic (exact) mass is 196 g/mol. The zero-order valence-electron chi connectivity index (χ0n) is 8.66. The molecular weight excluding hydrogens is 180 g/mol. The van der Waals surface area contributed by atoms with Gasteiger partial charge in [0.2, 0.25) is 5.88 Å². The minimum Gasteiger partial charge on any atom is -0.476 e. The molecule has 0 bridgehead atoms. The Balaban J connectivity index is 1.91. The fourth-order valence-corrected chi connectivity index (χ4v) is 1.65. The molecule has 0 radical (unpaired) electrons. The molecule has 2 rings (SSSR count). The quantitative estimate of drug-likeness (QED) is 0.750. The van der Waals surface area contributed by atoms with Crippen LogP contribution in [0.15, 0.2) is 6.20 Å². The molecule has 0 amide bonds. The average Bonchev–Trinajstić information content (AvgIpc) is 2.73. The predicted octanol–water partition coefficient (Wildman–Crippen LogP) is 0.193. The van der Waals surface area contributed by atoms with Crippen LogP contribution in [0.4, 0.5) is 0 Å². The second-order valence-corrected chi connectivity index (χ2v) is 4.22. The Morgan fingerprint density at radius 1 is 1.71 bits per heavy atom. The Kier molecular flexibility index (Phi) is 2.41. The molecule has 0 aromatic carbocycles.